The number of hydrogen-bond acceptors (Lipinski definition) is 4. The lowest BCUT2D eigenvalue weighted by Crippen LogP contribution is -2.39. The molecule has 18 heavy (non-hydrogen) atoms. The molecule has 0 aliphatic carbocycles. The molecule has 2 N–H and O–H groups in total. The van der Waals surface area contributed by atoms with Crippen LogP contribution in [0.1, 0.15) is 34.1 Å². The minimum absolute atomic E-state index is 0.408. The van der Waals surface area contributed by atoms with E-state index in [9.17, 15) is 8.42 Å². The summed E-state index contributed by atoms with van der Waals surface area (Å²) in [6.45, 7) is 10.9. The fourth-order valence-electron chi connectivity index (χ4n) is 1.31. The fraction of sp³-hybridized carbons (Fsp3) is 1.00. The second kappa shape index (κ2) is 9.72. The van der Waals surface area contributed by atoms with E-state index in [4.69, 9.17) is 4.74 Å². The van der Waals surface area contributed by atoms with Crippen LogP contribution in [-0.4, -0.2) is 46.5 Å². The first kappa shape index (κ1) is 17.8. The summed E-state index contributed by atoms with van der Waals surface area (Å²) in [4.78, 5) is 0. The van der Waals surface area contributed by atoms with Crippen molar-refractivity contribution in [2.75, 3.05) is 32.8 Å². The second-order valence-corrected chi connectivity index (χ2v) is 7.06. The van der Waals surface area contributed by atoms with Gasteiger partial charge in [0.2, 0.25) is 10.0 Å². The van der Waals surface area contributed by atoms with Gasteiger partial charge in [-0.1, -0.05) is 20.8 Å². The van der Waals surface area contributed by atoms with Crippen molar-refractivity contribution < 1.29 is 13.2 Å². The molecule has 0 aliphatic heterocycles. The summed E-state index contributed by atoms with van der Waals surface area (Å²) >= 11 is 0. The Bertz CT molecular complexity index is 292. The number of sulfonamides is 1. The first-order valence-corrected chi connectivity index (χ1v) is 8.21. The highest BCUT2D eigenvalue weighted by Gasteiger charge is 2.18. The number of nitrogens with one attached hydrogen (secondary N) is 2. The molecule has 0 aromatic carbocycles. The van der Waals surface area contributed by atoms with Gasteiger partial charge in [-0.15, -0.1) is 0 Å². The van der Waals surface area contributed by atoms with Gasteiger partial charge in [-0.05, 0) is 25.8 Å². The molecule has 110 valence electrons. The molecule has 0 fully saturated rings. The highest BCUT2D eigenvalue weighted by atomic mass is 32.2. The molecule has 5 nitrogen and oxygen atoms in total. The van der Waals surface area contributed by atoms with Crippen LogP contribution in [0, 0.1) is 5.92 Å². The molecule has 1 unspecified atom stereocenters. The van der Waals surface area contributed by atoms with E-state index in [1.807, 2.05) is 6.92 Å². The van der Waals surface area contributed by atoms with Crippen LogP contribution in [0.3, 0.4) is 0 Å². The quantitative estimate of drug-likeness (QED) is 0.553. The van der Waals surface area contributed by atoms with Gasteiger partial charge in [0.05, 0.1) is 5.25 Å². The number of hydrogen-bond donors (Lipinski definition) is 2. The van der Waals surface area contributed by atoms with Gasteiger partial charge in [-0.25, -0.2) is 13.1 Å². The lowest BCUT2D eigenvalue weighted by atomic mass is 10.2. The van der Waals surface area contributed by atoms with Crippen molar-refractivity contribution >= 4 is 10.0 Å². The summed E-state index contributed by atoms with van der Waals surface area (Å²) in [7, 11) is -3.20. The first-order valence-electron chi connectivity index (χ1n) is 6.67. The molecule has 0 rings (SSSR count). The van der Waals surface area contributed by atoms with Gasteiger partial charge < -0.3 is 10.1 Å². The van der Waals surface area contributed by atoms with E-state index >= 15 is 0 Å². The van der Waals surface area contributed by atoms with Crippen LogP contribution in [0.15, 0.2) is 0 Å². The van der Waals surface area contributed by atoms with Gasteiger partial charge in [0.25, 0.3) is 0 Å². The molecular weight excluding hydrogens is 252 g/mol. The smallest absolute Gasteiger partial charge is 0.215 e. The van der Waals surface area contributed by atoms with Crippen LogP contribution in [0.5, 0.6) is 0 Å². The molecule has 0 aromatic rings. The Hall–Kier alpha value is -0.170. The zero-order valence-corrected chi connectivity index (χ0v) is 12.8. The van der Waals surface area contributed by atoms with E-state index < -0.39 is 15.3 Å². The van der Waals surface area contributed by atoms with E-state index in [0.717, 1.165) is 13.2 Å². The topological polar surface area (TPSA) is 67.4 Å². The van der Waals surface area contributed by atoms with Crippen LogP contribution >= 0.6 is 0 Å². The summed E-state index contributed by atoms with van der Waals surface area (Å²) in [6, 6.07) is 0. The highest BCUT2D eigenvalue weighted by molar-refractivity contribution is 7.90. The average Bonchev–Trinajstić information content (AvgIpc) is 2.30. The maximum absolute atomic E-state index is 11.8. The predicted octanol–water partition coefficient (Wildman–Crippen LogP) is 0.967. The lowest BCUT2D eigenvalue weighted by molar-refractivity contribution is 0.108. The minimum Gasteiger partial charge on any atom is -0.381 e. The van der Waals surface area contributed by atoms with Gasteiger partial charge in [-0.2, -0.15) is 0 Å². The van der Waals surface area contributed by atoms with Crippen molar-refractivity contribution in [3.8, 4) is 0 Å². The highest BCUT2D eigenvalue weighted by Crippen LogP contribution is 1.97. The van der Waals surface area contributed by atoms with E-state index in [2.05, 4.69) is 23.9 Å². The van der Waals surface area contributed by atoms with Gasteiger partial charge >= 0.3 is 0 Å². The molecule has 0 amide bonds. The van der Waals surface area contributed by atoms with Gasteiger partial charge in [0.1, 0.15) is 0 Å². The Kier molecular flexibility index (Phi) is 9.63. The monoisotopic (exact) mass is 280 g/mol. The summed E-state index contributed by atoms with van der Waals surface area (Å²) in [5.74, 6) is 0.516. The largest absolute Gasteiger partial charge is 0.381 e. The maximum atomic E-state index is 11.8. The van der Waals surface area contributed by atoms with Crippen LogP contribution in [0.4, 0.5) is 0 Å². The van der Waals surface area contributed by atoms with Crippen molar-refractivity contribution in [2.24, 2.45) is 5.92 Å². The van der Waals surface area contributed by atoms with E-state index in [1.165, 1.54) is 0 Å². The third-order valence-electron chi connectivity index (χ3n) is 2.43. The summed E-state index contributed by atoms with van der Waals surface area (Å²) in [5.41, 5.74) is 0. The molecule has 0 heterocycles. The Morgan fingerprint density at radius 3 is 2.44 bits per heavy atom. The van der Waals surface area contributed by atoms with Gasteiger partial charge in [-0.3, -0.25) is 0 Å². The Morgan fingerprint density at radius 1 is 1.22 bits per heavy atom. The van der Waals surface area contributed by atoms with Gasteiger partial charge in [0, 0.05) is 26.3 Å². The summed E-state index contributed by atoms with van der Waals surface area (Å²) in [6.07, 6.45) is 0.708. The van der Waals surface area contributed by atoms with Crippen molar-refractivity contribution in [1.29, 1.82) is 0 Å². The molecule has 1 atom stereocenters. The molecule has 0 radical (unpaired) electrons. The molecule has 0 spiro atoms. The molecular formula is C12H28N2O3S. The normalized spacial score (nSPS) is 14.1. The SMILES string of the molecule is CCNCC(C)S(=O)(=O)NCCCOCC(C)C. The third-order valence-corrected chi connectivity index (χ3v) is 4.26. The third kappa shape index (κ3) is 8.85. The van der Waals surface area contributed by atoms with Crippen LogP contribution in [0.2, 0.25) is 0 Å². The van der Waals surface area contributed by atoms with Crippen LogP contribution in [-0.2, 0) is 14.8 Å². The Morgan fingerprint density at radius 2 is 1.89 bits per heavy atom. The van der Waals surface area contributed by atoms with Crippen molar-refractivity contribution in [3.05, 3.63) is 0 Å². The minimum atomic E-state index is -3.20. The predicted molar refractivity (Wildman–Crippen MR) is 75.2 cm³/mol. The Labute approximate surface area is 112 Å². The van der Waals surface area contributed by atoms with E-state index in [1.54, 1.807) is 6.92 Å². The molecule has 6 heteroatoms. The Balaban J connectivity index is 3.70. The van der Waals surface area contributed by atoms with Crippen LogP contribution < -0.4 is 10.0 Å². The van der Waals surface area contributed by atoms with Crippen LogP contribution in [0.25, 0.3) is 0 Å². The zero-order chi connectivity index (χ0) is 14.0. The zero-order valence-electron chi connectivity index (χ0n) is 12.0. The van der Waals surface area contributed by atoms with Crippen molar-refractivity contribution in [1.82, 2.24) is 10.0 Å². The van der Waals surface area contributed by atoms with Gasteiger partial charge in [0.15, 0.2) is 0 Å². The number of rotatable bonds is 11. The lowest BCUT2D eigenvalue weighted by Gasteiger charge is -2.14. The van der Waals surface area contributed by atoms with Crippen molar-refractivity contribution in [2.45, 2.75) is 39.4 Å². The average molecular weight is 280 g/mol. The fourth-order valence-corrected chi connectivity index (χ4v) is 2.36. The maximum Gasteiger partial charge on any atom is 0.215 e. The molecule has 0 aromatic heterocycles. The molecule has 0 saturated carbocycles. The van der Waals surface area contributed by atoms with E-state index in [-0.39, 0.29) is 0 Å². The summed E-state index contributed by atoms with van der Waals surface area (Å²) in [5, 5.41) is 2.63. The first-order chi connectivity index (χ1) is 8.40. The number of ether oxygens (including phenoxy) is 1. The molecule has 0 bridgehead atoms. The molecule has 0 saturated heterocycles. The van der Waals surface area contributed by atoms with E-state index in [0.29, 0.717) is 32.0 Å². The second-order valence-electron chi connectivity index (χ2n) is 4.88. The summed E-state index contributed by atoms with van der Waals surface area (Å²) < 4.78 is 31.6. The van der Waals surface area contributed by atoms with Crippen molar-refractivity contribution in [3.63, 3.8) is 0 Å². The molecule has 0 aliphatic rings. The standard InChI is InChI=1S/C12H28N2O3S/c1-5-13-9-12(4)18(15,16)14-7-6-8-17-10-11(2)3/h11-14H,5-10H2,1-4H3.